The second kappa shape index (κ2) is 7.95. The topological polar surface area (TPSA) is 85.2 Å². The molecule has 1 atom stereocenters. The Hall–Kier alpha value is -2.36. The van der Waals surface area contributed by atoms with Gasteiger partial charge in [0.05, 0.1) is 17.8 Å². The van der Waals surface area contributed by atoms with E-state index in [1.807, 2.05) is 12.4 Å². The molecule has 1 aromatic carbocycles. The van der Waals surface area contributed by atoms with Crippen LogP contribution in [0.4, 0.5) is 0 Å². The first-order valence-corrected chi connectivity index (χ1v) is 8.26. The van der Waals surface area contributed by atoms with Crippen molar-refractivity contribution in [2.24, 2.45) is 0 Å². The highest BCUT2D eigenvalue weighted by molar-refractivity contribution is 5.34. The summed E-state index contributed by atoms with van der Waals surface area (Å²) in [4.78, 5) is 2.28. The molecule has 24 heavy (non-hydrogen) atoms. The van der Waals surface area contributed by atoms with Crippen molar-refractivity contribution in [1.29, 1.82) is 5.26 Å². The third-order valence-corrected chi connectivity index (χ3v) is 4.47. The van der Waals surface area contributed by atoms with Crippen LogP contribution in [0.2, 0.25) is 0 Å². The fourth-order valence-electron chi connectivity index (χ4n) is 3.10. The number of piperidine rings is 1. The molecule has 0 radical (unpaired) electrons. The lowest BCUT2D eigenvalue weighted by atomic mass is 9.91. The van der Waals surface area contributed by atoms with E-state index < -0.39 is 6.10 Å². The summed E-state index contributed by atoms with van der Waals surface area (Å²) in [5.41, 5.74) is 1.88. The van der Waals surface area contributed by atoms with Gasteiger partial charge in [-0.3, -0.25) is 5.10 Å². The minimum absolute atomic E-state index is 0.257. The van der Waals surface area contributed by atoms with Gasteiger partial charge in [-0.15, -0.1) is 0 Å². The lowest BCUT2D eigenvalue weighted by Crippen LogP contribution is -2.40. The molecule has 6 heteroatoms. The number of ether oxygens (including phenoxy) is 1. The second-order valence-corrected chi connectivity index (χ2v) is 6.21. The molecule has 2 aromatic rings. The number of aromatic nitrogens is 2. The molecule has 0 spiro atoms. The van der Waals surface area contributed by atoms with Crippen molar-refractivity contribution in [2.75, 3.05) is 26.2 Å². The molecular formula is C18H22N4O2. The Kier molecular flexibility index (Phi) is 5.47. The van der Waals surface area contributed by atoms with E-state index in [4.69, 9.17) is 10.00 Å². The molecule has 1 aliphatic rings. The molecular weight excluding hydrogens is 304 g/mol. The number of β-amino-alcohol motifs (C(OH)–C–C–N with tert-alkyl or cyclic N) is 1. The number of nitriles is 1. The van der Waals surface area contributed by atoms with Gasteiger partial charge < -0.3 is 14.7 Å². The van der Waals surface area contributed by atoms with E-state index in [9.17, 15) is 5.11 Å². The summed E-state index contributed by atoms with van der Waals surface area (Å²) in [5, 5.41) is 25.8. The van der Waals surface area contributed by atoms with Gasteiger partial charge in [0, 0.05) is 12.7 Å². The van der Waals surface area contributed by atoms with Crippen LogP contribution in [0.15, 0.2) is 36.7 Å². The highest BCUT2D eigenvalue weighted by Gasteiger charge is 2.22. The molecule has 2 heterocycles. The average molecular weight is 326 g/mol. The maximum atomic E-state index is 10.2. The first kappa shape index (κ1) is 16.5. The molecule has 0 saturated carbocycles. The van der Waals surface area contributed by atoms with E-state index >= 15 is 0 Å². The van der Waals surface area contributed by atoms with E-state index in [2.05, 4.69) is 21.2 Å². The molecule has 126 valence electrons. The van der Waals surface area contributed by atoms with Gasteiger partial charge in [0.1, 0.15) is 18.5 Å². The van der Waals surface area contributed by atoms with Gasteiger partial charge in [-0.25, -0.2) is 0 Å². The van der Waals surface area contributed by atoms with Gasteiger partial charge in [0.15, 0.2) is 0 Å². The number of nitrogens with one attached hydrogen (secondary N) is 1. The number of likely N-dealkylation sites (tertiary alicyclic amines) is 1. The Labute approximate surface area is 141 Å². The zero-order valence-corrected chi connectivity index (χ0v) is 13.6. The predicted molar refractivity (Wildman–Crippen MR) is 89.7 cm³/mol. The number of nitrogens with zero attached hydrogens (tertiary/aromatic N) is 3. The van der Waals surface area contributed by atoms with Gasteiger partial charge >= 0.3 is 0 Å². The number of hydrogen-bond donors (Lipinski definition) is 2. The second-order valence-electron chi connectivity index (χ2n) is 6.21. The summed E-state index contributed by atoms with van der Waals surface area (Å²) < 4.78 is 5.59. The Morgan fingerprint density at radius 2 is 2.08 bits per heavy atom. The molecule has 0 unspecified atom stereocenters. The summed E-state index contributed by atoms with van der Waals surface area (Å²) >= 11 is 0. The summed E-state index contributed by atoms with van der Waals surface area (Å²) in [6.07, 6.45) is 5.53. The van der Waals surface area contributed by atoms with Crippen LogP contribution in [0.1, 0.15) is 29.9 Å². The number of aromatic amines is 1. The smallest absolute Gasteiger partial charge is 0.119 e. The van der Waals surface area contributed by atoms with Crippen LogP contribution in [0.25, 0.3) is 0 Å². The van der Waals surface area contributed by atoms with Gasteiger partial charge in [-0.2, -0.15) is 10.4 Å². The van der Waals surface area contributed by atoms with E-state index in [0.717, 1.165) is 25.9 Å². The highest BCUT2D eigenvalue weighted by atomic mass is 16.5. The fourth-order valence-corrected chi connectivity index (χ4v) is 3.10. The molecule has 2 N–H and O–H groups in total. The van der Waals surface area contributed by atoms with E-state index in [-0.39, 0.29) is 6.61 Å². The van der Waals surface area contributed by atoms with E-state index in [1.165, 1.54) is 5.56 Å². The van der Waals surface area contributed by atoms with Crippen LogP contribution < -0.4 is 4.74 Å². The van der Waals surface area contributed by atoms with Crippen LogP contribution in [0.5, 0.6) is 5.75 Å². The Bertz CT molecular complexity index is 655. The van der Waals surface area contributed by atoms with Crippen molar-refractivity contribution in [2.45, 2.75) is 24.9 Å². The molecule has 6 nitrogen and oxygen atoms in total. The molecule has 1 fully saturated rings. The van der Waals surface area contributed by atoms with E-state index in [1.54, 1.807) is 24.3 Å². The quantitative estimate of drug-likeness (QED) is 0.847. The SMILES string of the molecule is N#Cc1ccc(OC[C@@H](O)CN2CCC(c3cn[nH]c3)CC2)cc1. The van der Waals surface area contributed by atoms with Gasteiger partial charge in [-0.05, 0) is 61.7 Å². The normalized spacial score (nSPS) is 17.3. The molecule has 1 aliphatic heterocycles. The van der Waals surface area contributed by atoms with Crippen molar-refractivity contribution in [1.82, 2.24) is 15.1 Å². The number of aliphatic hydroxyl groups is 1. The van der Waals surface area contributed by atoms with Crippen molar-refractivity contribution in [3.05, 3.63) is 47.8 Å². The minimum Gasteiger partial charge on any atom is -0.491 e. The monoisotopic (exact) mass is 326 g/mol. The predicted octanol–water partition coefficient (Wildman–Crippen LogP) is 1.90. The summed E-state index contributed by atoms with van der Waals surface area (Å²) in [6.45, 7) is 2.83. The van der Waals surface area contributed by atoms with Gasteiger partial charge in [0.2, 0.25) is 0 Å². The number of aliphatic hydroxyl groups excluding tert-OH is 1. The van der Waals surface area contributed by atoms with Crippen molar-refractivity contribution < 1.29 is 9.84 Å². The summed E-state index contributed by atoms with van der Waals surface area (Å²) in [7, 11) is 0. The Morgan fingerprint density at radius 1 is 1.33 bits per heavy atom. The number of hydrogen-bond acceptors (Lipinski definition) is 5. The van der Waals surface area contributed by atoms with Crippen molar-refractivity contribution in [3.8, 4) is 11.8 Å². The maximum absolute atomic E-state index is 10.2. The molecule has 0 amide bonds. The largest absolute Gasteiger partial charge is 0.491 e. The van der Waals surface area contributed by atoms with Crippen molar-refractivity contribution in [3.63, 3.8) is 0 Å². The van der Waals surface area contributed by atoms with Gasteiger partial charge in [0.25, 0.3) is 0 Å². The number of H-pyrrole nitrogens is 1. The highest BCUT2D eigenvalue weighted by Crippen LogP contribution is 2.27. The Morgan fingerprint density at radius 3 is 2.71 bits per heavy atom. The van der Waals surface area contributed by atoms with Crippen LogP contribution >= 0.6 is 0 Å². The van der Waals surface area contributed by atoms with Crippen molar-refractivity contribution >= 4 is 0 Å². The molecule has 1 saturated heterocycles. The Balaban J connectivity index is 1.39. The molecule has 3 rings (SSSR count). The zero-order valence-electron chi connectivity index (χ0n) is 13.6. The molecule has 0 aliphatic carbocycles. The van der Waals surface area contributed by atoms with Crippen LogP contribution in [-0.2, 0) is 0 Å². The lowest BCUT2D eigenvalue weighted by molar-refractivity contribution is 0.0594. The van der Waals surface area contributed by atoms with Crippen LogP contribution in [-0.4, -0.2) is 52.5 Å². The van der Waals surface area contributed by atoms with Crippen LogP contribution in [0.3, 0.4) is 0 Å². The zero-order chi connectivity index (χ0) is 16.8. The fraction of sp³-hybridized carbons (Fsp3) is 0.444. The van der Waals surface area contributed by atoms with Crippen LogP contribution in [0, 0.1) is 11.3 Å². The van der Waals surface area contributed by atoms with Gasteiger partial charge in [-0.1, -0.05) is 0 Å². The first-order chi connectivity index (χ1) is 11.7. The average Bonchev–Trinajstić information content (AvgIpc) is 3.16. The summed E-state index contributed by atoms with van der Waals surface area (Å²) in [5.74, 6) is 1.23. The maximum Gasteiger partial charge on any atom is 0.119 e. The first-order valence-electron chi connectivity index (χ1n) is 8.26. The standard InChI is InChI=1S/C18H22N4O2/c19-9-14-1-3-18(4-2-14)24-13-17(23)12-22-7-5-15(6-8-22)16-10-20-21-11-16/h1-4,10-11,15,17,23H,5-8,12-13H2,(H,20,21)/t17-/m0/s1. The van der Waals surface area contributed by atoms with E-state index in [0.29, 0.717) is 23.8 Å². The lowest BCUT2D eigenvalue weighted by Gasteiger charge is -2.32. The third kappa shape index (κ3) is 4.34. The molecule has 1 aromatic heterocycles. The number of rotatable bonds is 6. The number of benzene rings is 1. The molecule has 0 bridgehead atoms. The summed E-state index contributed by atoms with van der Waals surface area (Å²) in [6, 6.07) is 8.99. The third-order valence-electron chi connectivity index (χ3n) is 4.47. The minimum atomic E-state index is -0.522.